The Morgan fingerprint density at radius 3 is 3.19 bits per heavy atom. The van der Waals surface area contributed by atoms with Crippen molar-refractivity contribution < 1.29 is 9.53 Å². The Balaban J connectivity index is 1.56. The van der Waals surface area contributed by atoms with E-state index in [1.807, 2.05) is 18.3 Å². The van der Waals surface area contributed by atoms with E-state index in [0.29, 0.717) is 26.1 Å². The van der Waals surface area contributed by atoms with Gasteiger partial charge in [-0.3, -0.25) is 9.48 Å². The standard InChI is InChI=1S/C15H16BrN3O2/c16-13-8-11-3-7-21-15(11)12(9-13)10-17-14(20)2-6-19-5-1-4-18-19/h1,4-5,8-9H,2-3,6-7,10H2,(H,17,20). The van der Waals surface area contributed by atoms with Crippen molar-refractivity contribution in [2.45, 2.75) is 25.9 Å². The van der Waals surface area contributed by atoms with Gasteiger partial charge in [-0.1, -0.05) is 15.9 Å². The zero-order chi connectivity index (χ0) is 14.7. The van der Waals surface area contributed by atoms with E-state index in [1.165, 1.54) is 5.56 Å². The molecule has 1 aromatic heterocycles. The van der Waals surface area contributed by atoms with E-state index in [2.05, 4.69) is 32.4 Å². The van der Waals surface area contributed by atoms with Gasteiger partial charge in [0.25, 0.3) is 0 Å². The van der Waals surface area contributed by atoms with Gasteiger partial charge in [-0.25, -0.2) is 0 Å². The number of carbonyl (C=O) groups is 1. The van der Waals surface area contributed by atoms with Crippen LogP contribution in [0.15, 0.2) is 35.1 Å². The Kier molecular flexibility index (Phi) is 4.24. The van der Waals surface area contributed by atoms with Crippen LogP contribution in [0.1, 0.15) is 17.5 Å². The first kappa shape index (κ1) is 14.1. The van der Waals surface area contributed by atoms with E-state index in [-0.39, 0.29) is 5.91 Å². The fourth-order valence-corrected chi connectivity index (χ4v) is 2.96. The molecule has 0 fully saturated rings. The van der Waals surface area contributed by atoms with E-state index in [9.17, 15) is 4.79 Å². The minimum atomic E-state index is 0.0113. The van der Waals surface area contributed by atoms with Crippen molar-refractivity contribution in [2.24, 2.45) is 0 Å². The van der Waals surface area contributed by atoms with E-state index in [1.54, 1.807) is 10.9 Å². The van der Waals surface area contributed by atoms with Gasteiger partial charge < -0.3 is 10.1 Å². The van der Waals surface area contributed by atoms with E-state index in [0.717, 1.165) is 22.2 Å². The molecule has 0 radical (unpaired) electrons. The van der Waals surface area contributed by atoms with Crippen LogP contribution in [0.25, 0.3) is 0 Å². The van der Waals surface area contributed by atoms with Crippen LogP contribution in [-0.2, 0) is 24.3 Å². The second-order valence-corrected chi connectivity index (χ2v) is 5.86. The molecule has 110 valence electrons. The minimum Gasteiger partial charge on any atom is -0.493 e. The third kappa shape index (κ3) is 3.44. The van der Waals surface area contributed by atoms with Crippen LogP contribution in [0.2, 0.25) is 0 Å². The second kappa shape index (κ2) is 6.30. The second-order valence-electron chi connectivity index (χ2n) is 4.95. The highest BCUT2D eigenvalue weighted by molar-refractivity contribution is 9.10. The molecule has 0 aliphatic carbocycles. The molecule has 0 spiro atoms. The quantitative estimate of drug-likeness (QED) is 0.900. The summed E-state index contributed by atoms with van der Waals surface area (Å²) in [5.74, 6) is 0.933. The van der Waals surface area contributed by atoms with Crippen LogP contribution in [0.5, 0.6) is 5.75 Å². The first-order chi connectivity index (χ1) is 10.2. The monoisotopic (exact) mass is 349 g/mol. The van der Waals surface area contributed by atoms with Crippen molar-refractivity contribution in [2.75, 3.05) is 6.61 Å². The maximum Gasteiger partial charge on any atom is 0.222 e. The number of hydrogen-bond acceptors (Lipinski definition) is 3. The molecule has 3 rings (SSSR count). The Morgan fingerprint density at radius 2 is 2.38 bits per heavy atom. The fraction of sp³-hybridized carbons (Fsp3) is 0.333. The number of hydrogen-bond donors (Lipinski definition) is 1. The molecule has 1 amide bonds. The molecule has 21 heavy (non-hydrogen) atoms. The average Bonchev–Trinajstić information content (AvgIpc) is 3.13. The number of nitrogens with zero attached hydrogens (tertiary/aromatic N) is 2. The van der Waals surface area contributed by atoms with Crippen LogP contribution in [0, 0.1) is 0 Å². The lowest BCUT2D eigenvalue weighted by Gasteiger charge is -2.10. The van der Waals surface area contributed by atoms with Crippen molar-refractivity contribution in [1.82, 2.24) is 15.1 Å². The summed E-state index contributed by atoms with van der Waals surface area (Å²) < 4.78 is 8.42. The molecule has 0 atom stereocenters. The Hall–Kier alpha value is -1.82. The van der Waals surface area contributed by atoms with Crippen molar-refractivity contribution in [1.29, 1.82) is 0 Å². The summed E-state index contributed by atoms with van der Waals surface area (Å²) in [6.45, 7) is 1.79. The summed E-state index contributed by atoms with van der Waals surface area (Å²) in [7, 11) is 0. The maximum absolute atomic E-state index is 11.9. The third-order valence-electron chi connectivity index (χ3n) is 3.43. The zero-order valence-electron chi connectivity index (χ0n) is 11.5. The first-order valence-electron chi connectivity index (χ1n) is 6.90. The van der Waals surface area contributed by atoms with Crippen molar-refractivity contribution in [3.05, 3.63) is 46.2 Å². The Labute approximate surface area is 131 Å². The lowest BCUT2D eigenvalue weighted by molar-refractivity contribution is -0.121. The Bertz CT molecular complexity index is 641. The number of benzene rings is 1. The normalized spacial score (nSPS) is 12.8. The summed E-state index contributed by atoms with van der Waals surface area (Å²) >= 11 is 3.50. The van der Waals surface area contributed by atoms with Crippen LogP contribution in [-0.4, -0.2) is 22.3 Å². The van der Waals surface area contributed by atoms with E-state index >= 15 is 0 Å². The molecule has 0 bridgehead atoms. The van der Waals surface area contributed by atoms with Gasteiger partial charge >= 0.3 is 0 Å². The third-order valence-corrected chi connectivity index (χ3v) is 3.89. The van der Waals surface area contributed by atoms with Crippen molar-refractivity contribution >= 4 is 21.8 Å². The summed E-state index contributed by atoms with van der Waals surface area (Å²) in [6.07, 6.45) is 4.90. The van der Waals surface area contributed by atoms with Gasteiger partial charge in [-0.2, -0.15) is 5.10 Å². The average molecular weight is 350 g/mol. The summed E-state index contributed by atoms with van der Waals surface area (Å²) in [5.41, 5.74) is 2.22. The molecule has 1 aliphatic rings. The van der Waals surface area contributed by atoms with Gasteiger partial charge in [0, 0.05) is 48.4 Å². The SMILES string of the molecule is O=C(CCn1cccn1)NCc1cc(Br)cc2c1OCC2. The zero-order valence-corrected chi connectivity index (χ0v) is 13.1. The molecule has 6 heteroatoms. The first-order valence-corrected chi connectivity index (χ1v) is 7.70. The number of ether oxygens (including phenoxy) is 1. The molecule has 0 saturated carbocycles. The largest absolute Gasteiger partial charge is 0.493 e. The highest BCUT2D eigenvalue weighted by atomic mass is 79.9. The molecule has 5 nitrogen and oxygen atoms in total. The molecule has 0 saturated heterocycles. The van der Waals surface area contributed by atoms with Crippen LogP contribution in [0.4, 0.5) is 0 Å². The number of carbonyl (C=O) groups excluding carboxylic acids is 1. The Morgan fingerprint density at radius 1 is 1.48 bits per heavy atom. The molecule has 1 N–H and O–H groups in total. The number of aromatic nitrogens is 2. The topological polar surface area (TPSA) is 56.2 Å². The number of halogens is 1. The molecule has 1 aliphatic heterocycles. The molecule has 1 aromatic carbocycles. The lowest BCUT2D eigenvalue weighted by Crippen LogP contribution is -2.24. The summed E-state index contributed by atoms with van der Waals surface area (Å²) in [4.78, 5) is 11.9. The summed E-state index contributed by atoms with van der Waals surface area (Å²) in [5, 5.41) is 7.01. The molecule has 2 aromatic rings. The van der Waals surface area contributed by atoms with Crippen LogP contribution < -0.4 is 10.1 Å². The summed E-state index contributed by atoms with van der Waals surface area (Å²) in [6, 6.07) is 5.92. The molecule has 0 unspecified atom stereocenters. The number of amides is 1. The highest BCUT2D eigenvalue weighted by Crippen LogP contribution is 2.32. The van der Waals surface area contributed by atoms with E-state index < -0.39 is 0 Å². The van der Waals surface area contributed by atoms with Gasteiger partial charge in [-0.15, -0.1) is 0 Å². The maximum atomic E-state index is 11.9. The predicted octanol–water partition coefficient (Wildman–Crippen LogP) is 2.29. The van der Waals surface area contributed by atoms with Gasteiger partial charge in [0.2, 0.25) is 5.91 Å². The highest BCUT2D eigenvalue weighted by Gasteiger charge is 2.17. The lowest BCUT2D eigenvalue weighted by atomic mass is 10.1. The van der Waals surface area contributed by atoms with Crippen molar-refractivity contribution in [3.63, 3.8) is 0 Å². The van der Waals surface area contributed by atoms with Gasteiger partial charge in [0.1, 0.15) is 5.75 Å². The smallest absolute Gasteiger partial charge is 0.222 e. The number of nitrogens with one attached hydrogen (secondary N) is 1. The van der Waals surface area contributed by atoms with E-state index in [4.69, 9.17) is 4.74 Å². The van der Waals surface area contributed by atoms with Crippen LogP contribution in [0.3, 0.4) is 0 Å². The van der Waals surface area contributed by atoms with Crippen molar-refractivity contribution in [3.8, 4) is 5.75 Å². The van der Waals surface area contributed by atoms with Gasteiger partial charge in [0.15, 0.2) is 0 Å². The molecular formula is C15H16BrN3O2. The number of rotatable bonds is 5. The number of fused-ring (bicyclic) bond motifs is 1. The molecular weight excluding hydrogens is 334 g/mol. The van der Waals surface area contributed by atoms with Gasteiger partial charge in [0.05, 0.1) is 6.61 Å². The van der Waals surface area contributed by atoms with Crippen LogP contribution >= 0.6 is 15.9 Å². The van der Waals surface area contributed by atoms with Gasteiger partial charge in [-0.05, 0) is 23.8 Å². The fourth-order valence-electron chi connectivity index (χ4n) is 2.41. The number of aryl methyl sites for hydroxylation is 1. The predicted molar refractivity (Wildman–Crippen MR) is 82.0 cm³/mol. The molecule has 2 heterocycles. The minimum absolute atomic E-state index is 0.0113.